The molecule has 0 aliphatic carbocycles. The van der Waals surface area contributed by atoms with Crippen LogP contribution in [-0.4, -0.2) is 43.6 Å². The van der Waals surface area contributed by atoms with Gasteiger partial charge >= 0.3 is 5.97 Å². The molecule has 3 rings (SSSR count). The van der Waals surface area contributed by atoms with Gasteiger partial charge in [-0.25, -0.2) is 4.39 Å². The number of carboxylic acid groups (broad SMARTS) is 1. The third-order valence-electron chi connectivity index (χ3n) is 4.79. The van der Waals surface area contributed by atoms with Crippen LogP contribution in [0.25, 0.3) is 0 Å². The van der Waals surface area contributed by atoms with E-state index in [1.807, 2.05) is 6.92 Å². The zero-order chi connectivity index (χ0) is 18.5. The lowest BCUT2D eigenvalue weighted by molar-refractivity contribution is -0.137. The van der Waals surface area contributed by atoms with Gasteiger partial charge in [0, 0.05) is 19.2 Å². The highest BCUT2D eigenvalue weighted by molar-refractivity contribution is 7.96. The second-order valence-electron chi connectivity index (χ2n) is 6.43. The summed E-state index contributed by atoms with van der Waals surface area (Å²) in [5.41, 5.74) is 0.725. The number of fused-ring (bicyclic) bond motifs is 1. The molecular weight excluding hydrogens is 349 g/mol. The summed E-state index contributed by atoms with van der Waals surface area (Å²) in [5, 5.41) is 12.1. The predicted molar refractivity (Wildman–Crippen MR) is 90.7 cm³/mol. The van der Waals surface area contributed by atoms with Crippen molar-refractivity contribution in [3.05, 3.63) is 40.8 Å². The summed E-state index contributed by atoms with van der Waals surface area (Å²) in [7, 11) is -2.17. The fourth-order valence-corrected chi connectivity index (χ4v) is 5.21. The second-order valence-corrected chi connectivity index (χ2v) is 8.21. The number of anilines is 1. The van der Waals surface area contributed by atoms with Gasteiger partial charge in [0.2, 0.25) is 0 Å². The van der Waals surface area contributed by atoms with E-state index in [0.29, 0.717) is 11.3 Å². The highest BCUT2D eigenvalue weighted by Crippen LogP contribution is 2.45. The molecule has 0 bridgehead atoms. The maximum absolute atomic E-state index is 13.7. The van der Waals surface area contributed by atoms with E-state index in [1.165, 1.54) is 28.7 Å². The molecule has 0 saturated heterocycles. The van der Waals surface area contributed by atoms with Crippen molar-refractivity contribution in [2.45, 2.75) is 38.4 Å². The van der Waals surface area contributed by atoms with Gasteiger partial charge in [0.15, 0.2) is 5.03 Å². The summed E-state index contributed by atoms with van der Waals surface area (Å²) in [6.45, 7) is 3.47. The van der Waals surface area contributed by atoms with Crippen LogP contribution in [0.2, 0.25) is 0 Å². The van der Waals surface area contributed by atoms with Crippen molar-refractivity contribution in [1.82, 2.24) is 10.2 Å². The lowest BCUT2D eigenvalue weighted by Gasteiger charge is -2.27. The lowest BCUT2D eigenvalue weighted by Crippen LogP contribution is -2.41. The molecule has 0 aromatic heterocycles. The summed E-state index contributed by atoms with van der Waals surface area (Å²) in [4.78, 5) is 12.9. The van der Waals surface area contributed by atoms with E-state index in [0.717, 1.165) is 0 Å². The number of carboxylic acids is 1. The van der Waals surface area contributed by atoms with Gasteiger partial charge in [0.1, 0.15) is 5.82 Å². The number of rotatable bonds is 4. The third-order valence-corrected chi connectivity index (χ3v) is 6.62. The number of hydrogen-bond acceptors (Lipinski definition) is 5. The maximum atomic E-state index is 13.7. The Balaban J connectivity index is 2.08. The molecular formula is C16H20FN3O4S. The first kappa shape index (κ1) is 17.5. The smallest absolute Gasteiger partial charge is 0.304 e. The number of sulfonamides is 1. The van der Waals surface area contributed by atoms with Crippen LogP contribution in [0.3, 0.4) is 0 Å². The molecule has 2 heterocycles. The van der Waals surface area contributed by atoms with Gasteiger partial charge in [0.25, 0.3) is 10.0 Å². The molecule has 2 aliphatic rings. The van der Waals surface area contributed by atoms with Crippen LogP contribution >= 0.6 is 0 Å². The summed E-state index contributed by atoms with van der Waals surface area (Å²) in [5.74, 6) is -2.19. The Bertz CT molecular complexity index is 855. The highest BCUT2D eigenvalue weighted by atomic mass is 32.2. The normalized spacial score (nSPS) is 25.6. The molecule has 2 N–H and O–H groups in total. The zero-order valence-corrected chi connectivity index (χ0v) is 14.9. The first-order valence-corrected chi connectivity index (χ1v) is 9.33. The first-order chi connectivity index (χ1) is 11.6. The Hall–Kier alpha value is -2.29. The quantitative estimate of drug-likeness (QED) is 0.838. The fourth-order valence-electron chi connectivity index (χ4n) is 3.37. The van der Waals surface area contributed by atoms with Crippen LogP contribution < -0.4 is 9.62 Å². The van der Waals surface area contributed by atoms with Gasteiger partial charge < -0.3 is 15.3 Å². The Kier molecular flexibility index (Phi) is 4.14. The molecule has 9 heteroatoms. The van der Waals surface area contributed by atoms with Crippen molar-refractivity contribution in [1.29, 1.82) is 0 Å². The minimum atomic E-state index is -3.92. The van der Waals surface area contributed by atoms with Crippen molar-refractivity contribution in [2.24, 2.45) is 0 Å². The van der Waals surface area contributed by atoms with Crippen LogP contribution in [0.5, 0.6) is 0 Å². The third kappa shape index (κ3) is 2.82. The Morgan fingerprint density at radius 3 is 2.60 bits per heavy atom. The minimum Gasteiger partial charge on any atom is -0.481 e. The lowest BCUT2D eigenvalue weighted by atomic mass is 9.93. The minimum absolute atomic E-state index is 0.0422. The number of halogens is 1. The van der Waals surface area contributed by atoms with Gasteiger partial charge in [-0.2, -0.15) is 8.42 Å². The van der Waals surface area contributed by atoms with E-state index in [9.17, 15) is 17.6 Å². The largest absolute Gasteiger partial charge is 0.481 e. The van der Waals surface area contributed by atoms with Crippen LogP contribution in [-0.2, 0) is 14.8 Å². The van der Waals surface area contributed by atoms with Crippen LogP contribution in [0, 0.1) is 5.82 Å². The van der Waals surface area contributed by atoms with Crippen molar-refractivity contribution in [3.63, 3.8) is 0 Å². The number of nitrogens with zero attached hydrogens (tertiary/aromatic N) is 2. The molecule has 1 aromatic carbocycles. The van der Waals surface area contributed by atoms with Crippen molar-refractivity contribution >= 4 is 21.7 Å². The summed E-state index contributed by atoms with van der Waals surface area (Å²) < 4.78 is 41.2. The molecule has 25 heavy (non-hydrogen) atoms. The van der Waals surface area contributed by atoms with E-state index in [4.69, 9.17) is 5.11 Å². The molecule has 0 amide bonds. The van der Waals surface area contributed by atoms with Crippen molar-refractivity contribution in [2.75, 3.05) is 11.4 Å². The SMILES string of the molecule is CC1NC(S(=O)(=O)N2c3ccc(F)cc3C(CC(=O)O)C2C)=CN1C. The average molecular weight is 369 g/mol. The van der Waals surface area contributed by atoms with E-state index in [2.05, 4.69) is 5.32 Å². The van der Waals surface area contributed by atoms with Gasteiger partial charge in [0.05, 0.1) is 24.3 Å². The van der Waals surface area contributed by atoms with E-state index in [-0.39, 0.29) is 17.6 Å². The summed E-state index contributed by atoms with van der Waals surface area (Å²) in [6, 6.07) is 3.16. The second kappa shape index (κ2) is 5.91. The fraction of sp³-hybridized carbons (Fsp3) is 0.438. The number of aliphatic carboxylic acids is 1. The molecule has 1 aromatic rings. The monoisotopic (exact) mass is 369 g/mol. The van der Waals surface area contributed by atoms with Gasteiger partial charge in [-0.05, 0) is 37.6 Å². The molecule has 136 valence electrons. The predicted octanol–water partition coefficient (Wildman–Crippen LogP) is 1.60. The molecule has 0 fully saturated rings. The molecule has 0 radical (unpaired) electrons. The molecule has 0 spiro atoms. The Morgan fingerprint density at radius 1 is 1.36 bits per heavy atom. The number of hydrogen-bond donors (Lipinski definition) is 2. The molecule has 0 saturated carbocycles. The Morgan fingerprint density at radius 2 is 2.04 bits per heavy atom. The first-order valence-electron chi connectivity index (χ1n) is 7.89. The molecule has 7 nitrogen and oxygen atoms in total. The standard InChI is InChI=1S/C16H20FN3O4S/c1-9-12(7-16(21)22)13-6-11(17)4-5-14(13)20(9)25(23,24)15-8-19(3)10(2)18-15/h4-6,8-10,12,18H,7H2,1-3H3,(H,21,22). The van der Waals surface area contributed by atoms with E-state index >= 15 is 0 Å². The topological polar surface area (TPSA) is 90.0 Å². The molecule has 3 atom stereocenters. The van der Waals surface area contributed by atoms with Gasteiger partial charge in [-0.1, -0.05) is 0 Å². The summed E-state index contributed by atoms with van der Waals surface area (Å²) in [6.07, 6.45) is 1.05. The highest BCUT2D eigenvalue weighted by Gasteiger charge is 2.45. The number of carbonyl (C=O) groups is 1. The number of nitrogens with one attached hydrogen (secondary N) is 1. The molecule has 2 aliphatic heterocycles. The number of benzene rings is 1. The maximum Gasteiger partial charge on any atom is 0.304 e. The van der Waals surface area contributed by atoms with Crippen molar-refractivity contribution < 1.29 is 22.7 Å². The van der Waals surface area contributed by atoms with Crippen molar-refractivity contribution in [3.8, 4) is 0 Å². The van der Waals surface area contributed by atoms with Crippen LogP contribution in [0.1, 0.15) is 31.7 Å². The van der Waals surface area contributed by atoms with Gasteiger partial charge in [-0.3, -0.25) is 9.10 Å². The van der Waals surface area contributed by atoms with Gasteiger partial charge in [-0.15, -0.1) is 0 Å². The molecule has 3 unspecified atom stereocenters. The van der Waals surface area contributed by atoms with E-state index in [1.54, 1.807) is 18.9 Å². The zero-order valence-electron chi connectivity index (χ0n) is 14.1. The average Bonchev–Trinajstić information content (AvgIpc) is 2.98. The Labute approximate surface area is 145 Å². The van der Waals surface area contributed by atoms with Crippen LogP contribution in [0.15, 0.2) is 29.4 Å². The van der Waals surface area contributed by atoms with Crippen LogP contribution in [0.4, 0.5) is 10.1 Å². The van der Waals surface area contributed by atoms with E-state index < -0.39 is 33.8 Å². The summed E-state index contributed by atoms with van der Waals surface area (Å²) >= 11 is 0.